The summed E-state index contributed by atoms with van der Waals surface area (Å²) in [6.07, 6.45) is 2.53. The van der Waals surface area contributed by atoms with E-state index in [0.717, 1.165) is 12.8 Å². The summed E-state index contributed by atoms with van der Waals surface area (Å²) >= 11 is 0. The number of anilines is 1. The molecule has 0 spiro atoms. The van der Waals surface area contributed by atoms with Crippen molar-refractivity contribution >= 4 is 15.7 Å². The third kappa shape index (κ3) is 4.96. The highest BCUT2D eigenvalue weighted by atomic mass is 32.2. The summed E-state index contributed by atoms with van der Waals surface area (Å²) in [4.78, 5) is 2.46. The molecule has 0 radical (unpaired) electrons. The second-order valence-corrected chi connectivity index (χ2v) is 9.86. The van der Waals surface area contributed by atoms with Gasteiger partial charge in [0.2, 0.25) is 0 Å². The van der Waals surface area contributed by atoms with E-state index in [0.29, 0.717) is 30.1 Å². The summed E-state index contributed by atoms with van der Waals surface area (Å²) in [6, 6.07) is 16.0. The van der Waals surface area contributed by atoms with Crippen molar-refractivity contribution in [2.24, 2.45) is 0 Å². The molecule has 0 saturated carbocycles. The van der Waals surface area contributed by atoms with Gasteiger partial charge in [0.1, 0.15) is 5.75 Å². The Hall–Kier alpha value is -2.09. The number of benzene rings is 2. The van der Waals surface area contributed by atoms with Crippen molar-refractivity contribution in [3.8, 4) is 5.75 Å². The molecule has 3 atom stereocenters. The molecule has 7 heteroatoms. The maximum absolute atomic E-state index is 13.5. The fraction of sp³-hybridized carbons (Fsp3) is 0.478. The van der Waals surface area contributed by atoms with Crippen LogP contribution in [0.2, 0.25) is 0 Å². The molecule has 1 N–H and O–H groups in total. The van der Waals surface area contributed by atoms with Crippen LogP contribution in [0.1, 0.15) is 33.1 Å². The van der Waals surface area contributed by atoms with Gasteiger partial charge >= 0.3 is 0 Å². The zero-order valence-electron chi connectivity index (χ0n) is 17.9. The first-order valence-electron chi connectivity index (χ1n) is 10.5. The van der Waals surface area contributed by atoms with Crippen LogP contribution < -0.4 is 9.04 Å². The number of sulfonamides is 1. The van der Waals surface area contributed by atoms with Gasteiger partial charge in [0.15, 0.2) is 0 Å². The number of methoxy groups -OCH3 is 1. The van der Waals surface area contributed by atoms with E-state index >= 15 is 0 Å². The molecule has 1 aliphatic rings. The fourth-order valence-electron chi connectivity index (χ4n) is 4.21. The molecule has 0 bridgehead atoms. The molecule has 1 fully saturated rings. The van der Waals surface area contributed by atoms with E-state index in [4.69, 9.17) is 4.74 Å². The van der Waals surface area contributed by atoms with Gasteiger partial charge < -0.3 is 9.84 Å². The molecule has 1 saturated heterocycles. The highest BCUT2D eigenvalue weighted by Gasteiger charge is 2.32. The molecule has 30 heavy (non-hydrogen) atoms. The second-order valence-electron chi connectivity index (χ2n) is 8.00. The molecule has 0 aliphatic carbocycles. The summed E-state index contributed by atoms with van der Waals surface area (Å²) in [6.45, 7) is 4.72. The van der Waals surface area contributed by atoms with Gasteiger partial charge in [0.05, 0.1) is 30.3 Å². The SMILES string of the molecule is COc1ccccc1N(CC(O)CN1C(C)CCCC1C)S(=O)(=O)c1ccccc1. The van der Waals surface area contributed by atoms with Gasteiger partial charge in [0, 0.05) is 18.6 Å². The lowest BCUT2D eigenvalue weighted by Gasteiger charge is -2.40. The van der Waals surface area contributed by atoms with Gasteiger partial charge in [-0.05, 0) is 51.0 Å². The molecule has 1 aliphatic heterocycles. The third-order valence-electron chi connectivity index (χ3n) is 5.86. The second kappa shape index (κ2) is 9.81. The molecule has 2 aromatic rings. The van der Waals surface area contributed by atoms with E-state index in [1.165, 1.54) is 17.8 Å². The number of likely N-dealkylation sites (tertiary alicyclic amines) is 1. The first kappa shape index (κ1) is 22.6. The van der Waals surface area contributed by atoms with Gasteiger partial charge in [-0.1, -0.05) is 36.8 Å². The molecule has 3 rings (SSSR count). The zero-order valence-corrected chi connectivity index (χ0v) is 18.8. The van der Waals surface area contributed by atoms with Crippen molar-refractivity contribution in [2.75, 3.05) is 24.5 Å². The number of β-amino-alcohol motifs (C(OH)–C–C–N with tert-alkyl or cyclic N) is 1. The maximum atomic E-state index is 13.5. The summed E-state index contributed by atoms with van der Waals surface area (Å²) in [5, 5.41) is 11.0. The number of rotatable bonds is 8. The summed E-state index contributed by atoms with van der Waals surface area (Å²) in [7, 11) is -2.36. The molecule has 164 valence electrons. The van der Waals surface area contributed by atoms with E-state index in [1.807, 2.05) is 0 Å². The number of piperidine rings is 1. The van der Waals surface area contributed by atoms with Gasteiger partial charge in [-0.25, -0.2) is 8.42 Å². The highest BCUT2D eigenvalue weighted by molar-refractivity contribution is 7.92. The van der Waals surface area contributed by atoms with Crippen molar-refractivity contribution in [1.29, 1.82) is 0 Å². The topological polar surface area (TPSA) is 70.1 Å². The monoisotopic (exact) mass is 432 g/mol. The van der Waals surface area contributed by atoms with E-state index in [-0.39, 0.29) is 11.4 Å². The van der Waals surface area contributed by atoms with Crippen LogP contribution >= 0.6 is 0 Å². The number of nitrogens with zero attached hydrogens (tertiary/aromatic N) is 2. The Morgan fingerprint density at radius 1 is 1.07 bits per heavy atom. The van der Waals surface area contributed by atoms with Gasteiger partial charge in [-0.15, -0.1) is 0 Å². The maximum Gasteiger partial charge on any atom is 0.264 e. The first-order valence-corrected chi connectivity index (χ1v) is 11.9. The van der Waals surface area contributed by atoms with Crippen LogP contribution in [0.25, 0.3) is 0 Å². The molecule has 0 aromatic heterocycles. The molecule has 0 amide bonds. The summed E-state index contributed by atoms with van der Waals surface area (Å²) in [5.74, 6) is 0.448. The van der Waals surface area contributed by atoms with E-state index < -0.39 is 16.1 Å². The van der Waals surface area contributed by atoms with Crippen molar-refractivity contribution in [3.63, 3.8) is 0 Å². The lowest BCUT2D eigenvalue weighted by atomic mass is 9.97. The molecule has 3 unspecified atom stereocenters. The average molecular weight is 433 g/mol. The smallest absolute Gasteiger partial charge is 0.264 e. The lowest BCUT2D eigenvalue weighted by Crippen LogP contribution is -2.50. The quantitative estimate of drug-likeness (QED) is 0.691. The van der Waals surface area contributed by atoms with Crippen molar-refractivity contribution in [3.05, 3.63) is 54.6 Å². The average Bonchev–Trinajstić information content (AvgIpc) is 2.75. The predicted molar refractivity (Wildman–Crippen MR) is 119 cm³/mol. The normalized spacial score (nSPS) is 21.2. The van der Waals surface area contributed by atoms with Gasteiger partial charge in [0.25, 0.3) is 10.0 Å². The Balaban J connectivity index is 1.92. The van der Waals surface area contributed by atoms with E-state index in [2.05, 4.69) is 18.7 Å². The van der Waals surface area contributed by atoms with Crippen molar-refractivity contribution in [2.45, 2.75) is 56.2 Å². The molecule has 6 nitrogen and oxygen atoms in total. The molecular weight excluding hydrogens is 400 g/mol. The van der Waals surface area contributed by atoms with Crippen LogP contribution in [-0.2, 0) is 10.0 Å². The van der Waals surface area contributed by atoms with Crippen LogP contribution in [0, 0.1) is 0 Å². The number of para-hydroxylation sites is 2. The van der Waals surface area contributed by atoms with Crippen LogP contribution in [0.3, 0.4) is 0 Å². The molecule has 2 aromatic carbocycles. The zero-order chi connectivity index (χ0) is 21.7. The van der Waals surface area contributed by atoms with Crippen molar-refractivity contribution < 1.29 is 18.3 Å². The highest BCUT2D eigenvalue weighted by Crippen LogP contribution is 2.32. The minimum absolute atomic E-state index is 0.0481. The summed E-state index contributed by atoms with van der Waals surface area (Å²) < 4.78 is 33.7. The lowest BCUT2D eigenvalue weighted by molar-refractivity contribution is 0.0455. The van der Waals surface area contributed by atoms with Gasteiger partial charge in [-0.2, -0.15) is 0 Å². The number of hydrogen-bond acceptors (Lipinski definition) is 5. The predicted octanol–water partition coefficient (Wildman–Crippen LogP) is 3.51. The first-order chi connectivity index (χ1) is 14.3. The standard InChI is InChI=1S/C23H32N2O4S/c1-18-10-9-11-19(2)24(18)16-20(26)17-25(22-14-7-8-15-23(22)29-3)30(27,28)21-12-5-4-6-13-21/h4-8,12-15,18-20,26H,9-11,16-17H2,1-3H3. The molecule has 1 heterocycles. The Morgan fingerprint density at radius 3 is 2.30 bits per heavy atom. The van der Waals surface area contributed by atoms with Crippen LogP contribution in [0.5, 0.6) is 5.75 Å². The Morgan fingerprint density at radius 2 is 1.67 bits per heavy atom. The van der Waals surface area contributed by atoms with Crippen LogP contribution in [-0.4, -0.2) is 56.8 Å². The van der Waals surface area contributed by atoms with E-state index in [1.54, 1.807) is 54.6 Å². The number of ether oxygens (including phenoxy) is 1. The minimum Gasteiger partial charge on any atom is -0.495 e. The van der Waals surface area contributed by atoms with Crippen molar-refractivity contribution in [1.82, 2.24) is 4.90 Å². The number of hydrogen-bond donors (Lipinski definition) is 1. The number of aliphatic hydroxyl groups is 1. The summed E-state index contributed by atoms with van der Waals surface area (Å²) in [5.41, 5.74) is 0.419. The number of aliphatic hydroxyl groups excluding tert-OH is 1. The van der Waals surface area contributed by atoms with Crippen LogP contribution in [0.4, 0.5) is 5.69 Å². The molecular formula is C23H32N2O4S. The van der Waals surface area contributed by atoms with E-state index in [9.17, 15) is 13.5 Å². The van der Waals surface area contributed by atoms with Crippen LogP contribution in [0.15, 0.2) is 59.5 Å². The Bertz CT molecular complexity index is 910. The largest absolute Gasteiger partial charge is 0.495 e. The van der Waals surface area contributed by atoms with Gasteiger partial charge in [-0.3, -0.25) is 9.21 Å². The third-order valence-corrected chi connectivity index (χ3v) is 7.65. The Labute approximate surface area is 180 Å². The minimum atomic E-state index is -3.87. The fourth-order valence-corrected chi connectivity index (χ4v) is 5.74. The Kier molecular flexibility index (Phi) is 7.39.